The van der Waals surface area contributed by atoms with Gasteiger partial charge >= 0.3 is 12.1 Å². The largest absolute Gasteiger partial charge is 0.460 e. The number of rotatable bonds is 3. The van der Waals surface area contributed by atoms with Crippen molar-refractivity contribution < 1.29 is 27.5 Å². The average molecular weight is 300 g/mol. The smallest absolute Gasteiger partial charge is 0.416 e. The van der Waals surface area contributed by atoms with Gasteiger partial charge in [-0.15, -0.1) is 0 Å². The minimum Gasteiger partial charge on any atom is -0.460 e. The topological polar surface area (TPSA) is 43.4 Å². The predicted molar refractivity (Wildman–Crippen MR) is 69.0 cm³/mol. The van der Waals surface area contributed by atoms with Crippen LogP contribution in [-0.2, 0) is 28.5 Å². The Hall–Kier alpha value is -1.85. The first-order valence-electron chi connectivity index (χ1n) is 6.79. The lowest BCUT2D eigenvalue weighted by atomic mass is 9.86. The predicted octanol–water partition coefficient (Wildman–Crippen LogP) is 3.33. The standard InChI is InChI=1S/C15H15F3O3/c1-2-21-14(20)13(19)10-7-9-5-3-4-6-11(9)12(8-10)15(16,17)18/h7-8H,2-6H2,1H3. The lowest BCUT2D eigenvalue weighted by Gasteiger charge is -2.22. The van der Waals surface area contributed by atoms with Crippen LogP contribution in [0.5, 0.6) is 0 Å². The molecule has 0 spiro atoms. The van der Waals surface area contributed by atoms with Crippen molar-refractivity contribution in [3.63, 3.8) is 0 Å². The Labute approximate surface area is 120 Å². The number of Topliss-reactive ketones (excluding diaryl/α,β-unsaturated/α-hetero) is 1. The number of hydrogen-bond acceptors (Lipinski definition) is 3. The minimum absolute atomic E-state index is 0.00163. The van der Waals surface area contributed by atoms with Gasteiger partial charge in [0.1, 0.15) is 0 Å². The highest BCUT2D eigenvalue weighted by atomic mass is 19.4. The summed E-state index contributed by atoms with van der Waals surface area (Å²) < 4.78 is 44.0. The summed E-state index contributed by atoms with van der Waals surface area (Å²) in [6.45, 7) is 1.53. The fourth-order valence-electron chi connectivity index (χ4n) is 2.57. The summed E-state index contributed by atoms with van der Waals surface area (Å²) in [5, 5.41) is 0. The van der Waals surface area contributed by atoms with Crippen LogP contribution in [0.25, 0.3) is 0 Å². The summed E-state index contributed by atoms with van der Waals surface area (Å²) >= 11 is 0. The molecular formula is C15H15F3O3. The molecule has 0 unspecified atom stereocenters. The molecular weight excluding hydrogens is 285 g/mol. The molecule has 3 nitrogen and oxygen atoms in total. The second-order valence-electron chi connectivity index (χ2n) is 4.92. The van der Waals surface area contributed by atoms with E-state index in [-0.39, 0.29) is 17.7 Å². The summed E-state index contributed by atoms with van der Waals surface area (Å²) in [7, 11) is 0. The van der Waals surface area contributed by atoms with Crippen LogP contribution >= 0.6 is 0 Å². The van der Waals surface area contributed by atoms with Crippen molar-refractivity contribution in [3.8, 4) is 0 Å². The number of carbonyl (C=O) groups is 2. The zero-order valence-corrected chi connectivity index (χ0v) is 11.5. The molecule has 21 heavy (non-hydrogen) atoms. The molecule has 2 rings (SSSR count). The van der Waals surface area contributed by atoms with Crippen LogP contribution in [0.15, 0.2) is 12.1 Å². The van der Waals surface area contributed by atoms with E-state index in [0.717, 1.165) is 12.5 Å². The van der Waals surface area contributed by atoms with Crippen molar-refractivity contribution in [2.45, 2.75) is 38.8 Å². The number of aryl methyl sites for hydroxylation is 1. The molecule has 6 heteroatoms. The first-order chi connectivity index (χ1) is 9.84. The molecule has 1 aliphatic rings. The van der Waals surface area contributed by atoms with Gasteiger partial charge in [-0.2, -0.15) is 13.2 Å². The maximum Gasteiger partial charge on any atom is 0.416 e. The second kappa shape index (κ2) is 5.87. The van der Waals surface area contributed by atoms with Crippen LogP contribution in [-0.4, -0.2) is 18.4 Å². The Kier molecular flexibility index (Phi) is 4.34. The summed E-state index contributed by atoms with van der Waals surface area (Å²) in [4.78, 5) is 23.3. The molecule has 1 aromatic carbocycles. The van der Waals surface area contributed by atoms with Crippen molar-refractivity contribution in [3.05, 3.63) is 34.4 Å². The third kappa shape index (κ3) is 3.25. The normalized spacial score (nSPS) is 14.5. The Morgan fingerprint density at radius 3 is 2.48 bits per heavy atom. The molecule has 0 bridgehead atoms. The molecule has 0 atom stereocenters. The van der Waals surface area contributed by atoms with E-state index in [4.69, 9.17) is 0 Å². The van der Waals surface area contributed by atoms with Crippen LogP contribution < -0.4 is 0 Å². The van der Waals surface area contributed by atoms with Crippen LogP contribution in [0.3, 0.4) is 0 Å². The lowest BCUT2D eigenvalue weighted by Crippen LogP contribution is -2.21. The van der Waals surface area contributed by atoms with Crippen molar-refractivity contribution >= 4 is 11.8 Å². The number of fused-ring (bicyclic) bond motifs is 1. The third-order valence-corrected chi connectivity index (χ3v) is 3.49. The Balaban J connectivity index is 2.49. The molecule has 0 fully saturated rings. The number of carbonyl (C=O) groups excluding carboxylic acids is 2. The SMILES string of the molecule is CCOC(=O)C(=O)c1cc2c(c(C(F)(F)F)c1)CCCC2. The highest BCUT2D eigenvalue weighted by Crippen LogP contribution is 2.37. The number of ketones is 1. The van der Waals surface area contributed by atoms with Gasteiger partial charge in [-0.25, -0.2) is 4.79 Å². The van der Waals surface area contributed by atoms with Gasteiger partial charge in [0.25, 0.3) is 5.78 Å². The van der Waals surface area contributed by atoms with Crippen molar-refractivity contribution in [2.24, 2.45) is 0 Å². The maximum absolute atomic E-state index is 13.1. The molecule has 0 amide bonds. The number of ether oxygens (including phenoxy) is 1. The van der Waals surface area contributed by atoms with E-state index in [0.29, 0.717) is 24.8 Å². The Bertz CT molecular complexity index is 576. The molecule has 1 aromatic rings. The van der Waals surface area contributed by atoms with E-state index < -0.39 is 23.5 Å². The fourth-order valence-corrected chi connectivity index (χ4v) is 2.57. The molecule has 0 radical (unpaired) electrons. The van der Waals surface area contributed by atoms with Crippen LogP contribution in [0.2, 0.25) is 0 Å². The van der Waals surface area contributed by atoms with Gasteiger partial charge in [0, 0.05) is 5.56 Å². The van der Waals surface area contributed by atoms with E-state index in [2.05, 4.69) is 4.74 Å². The summed E-state index contributed by atoms with van der Waals surface area (Å²) in [5.41, 5.74) is -0.313. The number of benzene rings is 1. The average Bonchev–Trinajstić information content (AvgIpc) is 2.44. The fraction of sp³-hybridized carbons (Fsp3) is 0.467. The number of hydrogen-bond donors (Lipinski definition) is 0. The number of esters is 1. The molecule has 0 N–H and O–H groups in total. The second-order valence-corrected chi connectivity index (χ2v) is 4.92. The van der Waals surface area contributed by atoms with Crippen LogP contribution in [0.4, 0.5) is 13.2 Å². The number of alkyl halides is 3. The Morgan fingerprint density at radius 1 is 1.19 bits per heavy atom. The third-order valence-electron chi connectivity index (χ3n) is 3.49. The highest BCUT2D eigenvalue weighted by molar-refractivity contribution is 6.40. The highest BCUT2D eigenvalue weighted by Gasteiger charge is 2.36. The van der Waals surface area contributed by atoms with Gasteiger partial charge < -0.3 is 4.74 Å². The first kappa shape index (κ1) is 15.5. The van der Waals surface area contributed by atoms with Gasteiger partial charge in [0.2, 0.25) is 0 Å². The maximum atomic E-state index is 13.1. The summed E-state index contributed by atoms with van der Waals surface area (Å²) in [6, 6.07) is 2.16. The van der Waals surface area contributed by atoms with Crippen molar-refractivity contribution in [1.29, 1.82) is 0 Å². The van der Waals surface area contributed by atoms with E-state index >= 15 is 0 Å². The quantitative estimate of drug-likeness (QED) is 0.488. The van der Waals surface area contributed by atoms with Crippen molar-refractivity contribution in [2.75, 3.05) is 6.61 Å². The monoisotopic (exact) mass is 300 g/mol. The zero-order valence-electron chi connectivity index (χ0n) is 11.5. The zero-order chi connectivity index (χ0) is 15.6. The van der Waals surface area contributed by atoms with Gasteiger partial charge in [-0.05, 0) is 55.9 Å². The van der Waals surface area contributed by atoms with Crippen LogP contribution in [0, 0.1) is 0 Å². The molecule has 0 aromatic heterocycles. The molecule has 114 valence electrons. The van der Waals surface area contributed by atoms with Gasteiger partial charge in [0.15, 0.2) is 0 Å². The first-order valence-corrected chi connectivity index (χ1v) is 6.79. The van der Waals surface area contributed by atoms with E-state index in [1.807, 2.05) is 0 Å². The number of halogens is 3. The van der Waals surface area contributed by atoms with E-state index in [1.165, 1.54) is 13.0 Å². The van der Waals surface area contributed by atoms with Gasteiger partial charge in [-0.1, -0.05) is 0 Å². The van der Waals surface area contributed by atoms with E-state index in [1.54, 1.807) is 0 Å². The van der Waals surface area contributed by atoms with Gasteiger partial charge in [-0.3, -0.25) is 4.79 Å². The summed E-state index contributed by atoms with van der Waals surface area (Å²) in [5.74, 6) is -2.16. The van der Waals surface area contributed by atoms with E-state index in [9.17, 15) is 22.8 Å². The molecule has 0 aliphatic heterocycles. The van der Waals surface area contributed by atoms with Gasteiger partial charge in [0.05, 0.1) is 12.2 Å². The molecule has 0 saturated heterocycles. The minimum atomic E-state index is -4.54. The van der Waals surface area contributed by atoms with Crippen molar-refractivity contribution in [1.82, 2.24) is 0 Å². The lowest BCUT2D eigenvalue weighted by molar-refractivity contribution is -0.139. The van der Waals surface area contributed by atoms with Crippen LogP contribution in [0.1, 0.15) is 46.8 Å². The molecule has 0 saturated carbocycles. The summed E-state index contributed by atoms with van der Waals surface area (Å²) in [6.07, 6.45) is -2.23. The Morgan fingerprint density at radius 2 is 1.86 bits per heavy atom. The molecule has 0 heterocycles. The molecule has 1 aliphatic carbocycles.